The van der Waals surface area contributed by atoms with E-state index in [1.807, 2.05) is 26.1 Å². The van der Waals surface area contributed by atoms with E-state index in [-0.39, 0.29) is 11.7 Å². The molecule has 1 rings (SSSR count). The molecule has 1 aromatic rings. The topological polar surface area (TPSA) is 38.0 Å². The van der Waals surface area contributed by atoms with Crippen LogP contribution in [0.25, 0.3) is 0 Å². The van der Waals surface area contributed by atoms with E-state index in [0.29, 0.717) is 11.6 Å². The lowest BCUT2D eigenvalue weighted by molar-refractivity contribution is 0.580. The van der Waals surface area contributed by atoms with E-state index in [1.165, 1.54) is 0 Å². The number of aryl methyl sites for hydroxylation is 1. The third kappa shape index (κ3) is 6.23. The minimum Gasteiger partial charge on any atom is -0.402 e. The highest BCUT2D eigenvalue weighted by atomic mass is 19.1. The first-order chi connectivity index (χ1) is 11.2. The van der Waals surface area contributed by atoms with Crippen LogP contribution in [0.1, 0.15) is 51.2 Å². The second-order valence-electron chi connectivity index (χ2n) is 6.80. The molecule has 0 spiro atoms. The van der Waals surface area contributed by atoms with Crippen molar-refractivity contribution in [3.63, 3.8) is 0 Å². The molecule has 0 aliphatic heterocycles. The normalized spacial score (nSPS) is 14.0. The SMILES string of the molecule is C=C(NC)C(/C=C\C(C)c1cc(F)cc(CCC(C)C)c1)=C(\C)N. The van der Waals surface area contributed by atoms with E-state index in [1.54, 1.807) is 12.1 Å². The first kappa shape index (κ1) is 20.0. The number of hydrogen-bond donors (Lipinski definition) is 2. The Morgan fingerprint density at radius 1 is 1.29 bits per heavy atom. The number of rotatable bonds is 8. The zero-order valence-corrected chi connectivity index (χ0v) is 15.6. The molecular weight excluding hydrogens is 299 g/mol. The average Bonchev–Trinajstić information content (AvgIpc) is 2.51. The van der Waals surface area contributed by atoms with Crippen LogP contribution in [-0.4, -0.2) is 7.05 Å². The van der Waals surface area contributed by atoms with E-state index in [4.69, 9.17) is 5.73 Å². The van der Waals surface area contributed by atoms with Gasteiger partial charge in [0, 0.05) is 24.0 Å². The lowest BCUT2D eigenvalue weighted by atomic mass is 9.94. The fourth-order valence-corrected chi connectivity index (χ4v) is 2.49. The smallest absolute Gasteiger partial charge is 0.123 e. The Balaban J connectivity index is 2.98. The summed E-state index contributed by atoms with van der Waals surface area (Å²) in [6.07, 6.45) is 5.96. The largest absolute Gasteiger partial charge is 0.402 e. The third-order valence-electron chi connectivity index (χ3n) is 4.12. The molecule has 3 heteroatoms. The summed E-state index contributed by atoms with van der Waals surface area (Å²) in [4.78, 5) is 0. The van der Waals surface area contributed by atoms with Crippen molar-refractivity contribution >= 4 is 0 Å². The van der Waals surface area contributed by atoms with Gasteiger partial charge < -0.3 is 11.1 Å². The third-order valence-corrected chi connectivity index (χ3v) is 4.12. The van der Waals surface area contributed by atoms with E-state index in [9.17, 15) is 4.39 Å². The average molecular weight is 330 g/mol. The molecule has 0 saturated heterocycles. The van der Waals surface area contributed by atoms with E-state index in [0.717, 1.165) is 35.2 Å². The molecule has 0 bridgehead atoms. The molecule has 0 radical (unpaired) electrons. The maximum Gasteiger partial charge on any atom is 0.123 e. The Morgan fingerprint density at radius 3 is 2.50 bits per heavy atom. The summed E-state index contributed by atoms with van der Waals surface area (Å²) in [7, 11) is 1.82. The van der Waals surface area contributed by atoms with Crippen LogP contribution in [0.3, 0.4) is 0 Å². The number of nitrogens with one attached hydrogen (secondary N) is 1. The van der Waals surface area contributed by atoms with Crippen LogP contribution >= 0.6 is 0 Å². The Hall–Kier alpha value is -2.03. The van der Waals surface area contributed by atoms with Gasteiger partial charge >= 0.3 is 0 Å². The van der Waals surface area contributed by atoms with E-state index >= 15 is 0 Å². The molecule has 1 atom stereocenters. The molecule has 0 amide bonds. The summed E-state index contributed by atoms with van der Waals surface area (Å²) in [6, 6.07) is 5.35. The molecule has 2 nitrogen and oxygen atoms in total. The van der Waals surface area contributed by atoms with Gasteiger partial charge in [0.15, 0.2) is 0 Å². The van der Waals surface area contributed by atoms with Crippen molar-refractivity contribution in [3.8, 4) is 0 Å². The summed E-state index contributed by atoms with van der Waals surface area (Å²) in [5, 5.41) is 3.01. The molecule has 24 heavy (non-hydrogen) atoms. The maximum absolute atomic E-state index is 13.9. The van der Waals surface area contributed by atoms with Gasteiger partial charge in [0.25, 0.3) is 0 Å². The summed E-state index contributed by atoms with van der Waals surface area (Å²) in [5.74, 6) is 0.538. The number of hydrogen-bond acceptors (Lipinski definition) is 2. The van der Waals surface area contributed by atoms with Crippen molar-refractivity contribution in [2.24, 2.45) is 11.7 Å². The summed E-state index contributed by atoms with van der Waals surface area (Å²) >= 11 is 0. The summed E-state index contributed by atoms with van der Waals surface area (Å²) in [6.45, 7) is 12.2. The highest BCUT2D eigenvalue weighted by Crippen LogP contribution is 2.23. The minimum atomic E-state index is -0.170. The van der Waals surface area contributed by atoms with Crippen LogP contribution < -0.4 is 11.1 Å². The van der Waals surface area contributed by atoms with Gasteiger partial charge in [0.2, 0.25) is 0 Å². The van der Waals surface area contributed by atoms with Gasteiger partial charge in [-0.1, -0.05) is 45.6 Å². The number of likely N-dealkylation sites (N-methyl/N-ethyl adjacent to an activating group) is 1. The van der Waals surface area contributed by atoms with Gasteiger partial charge in [-0.05, 0) is 54.9 Å². The van der Waals surface area contributed by atoms with Crippen molar-refractivity contribution in [1.29, 1.82) is 0 Å². The number of halogens is 1. The van der Waals surface area contributed by atoms with Gasteiger partial charge in [0.05, 0.1) is 0 Å². The van der Waals surface area contributed by atoms with Crippen molar-refractivity contribution in [2.75, 3.05) is 7.05 Å². The zero-order chi connectivity index (χ0) is 18.3. The van der Waals surface area contributed by atoms with E-state index < -0.39 is 0 Å². The first-order valence-electron chi connectivity index (χ1n) is 8.55. The van der Waals surface area contributed by atoms with Gasteiger partial charge in [-0.25, -0.2) is 4.39 Å². The highest BCUT2D eigenvalue weighted by molar-refractivity contribution is 5.41. The lowest BCUT2D eigenvalue weighted by Crippen LogP contribution is -2.10. The first-order valence-corrected chi connectivity index (χ1v) is 8.55. The second kappa shape index (κ2) is 9.31. The Bertz CT molecular complexity index is 623. The van der Waals surface area contributed by atoms with Gasteiger partial charge in [-0.3, -0.25) is 0 Å². The van der Waals surface area contributed by atoms with Gasteiger partial charge in [0.1, 0.15) is 5.82 Å². The number of benzene rings is 1. The number of allylic oxidation sites excluding steroid dienone is 3. The standard InChI is InChI=1S/C21H31FN2/c1-14(2)7-9-18-11-19(13-20(22)12-18)15(3)8-10-21(16(4)23)17(5)24-6/h8,10-15,24H,5,7,9,23H2,1-4,6H3/b10-8-,21-16+. The molecule has 3 N–H and O–H groups in total. The molecule has 132 valence electrons. The molecule has 0 heterocycles. The van der Waals surface area contributed by atoms with Crippen LogP contribution in [-0.2, 0) is 6.42 Å². The van der Waals surface area contributed by atoms with Crippen LogP contribution in [0.15, 0.2) is 53.9 Å². The van der Waals surface area contributed by atoms with Crippen LogP contribution in [0.5, 0.6) is 0 Å². The van der Waals surface area contributed by atoms with Crippen molar-refractivity contribution in [2.45, 2.75) is 46.5 Å². The molecule has 0 aromatic heterocycles. The zero-order valence-electron chi connectivity index (χ0n) is 15.6. The Morgan fingerprint density at radius 2 is 1.96 bits per heavy atom. The monoisotopic (exact) mass is 330 g/mol. The van der Waals surface area contributed by atoms with Crippen molar-refractivity contribution in [3.05, 3.63) is 70.8 Å². The van der Waals surface area contributed by atoms with Gasteiger partial charge in [-0.2, -0.15) is 0 Å². The minimum absolute atomic E-state index is 0.0949. The van der Waals surface area contributed by atoms with Crippen LogP contribution in [0.2, 0.25) is 0 Å². The number of nitrogens with two attached hydrogens (primary N) is 1. The molecule has 0 fully saturated rings. The molecule has 0 aliphatic carbocycles. The predicted octanol–water partition coefficient (Wildman–Crippen LogP) is 5.04. The van der Waals surface area contributed by atoms with E-state index in [2.05, 4.69) is 38.7 Å². The Kier molecular flexibility index (Phi) is 7.76. The Labute approximate surface area is 146 Å². The van der Waals surface area contributed by atoms with Crippen molar-refractivity contribution < 1.29 is 4.39 Å². The maximum atomic E-state index is 13.9. The van der Waals surface area contributed by atoms with Crippen LogP contribution in [0.4, 0.5) is 4.39 Å². The van der Waals surface area contributed by atoms with Crippen molar-refractivity contribution in [1.82, 2.24) is 5.32 Å². The van der Waals surface area contributed by atoms with Gasteiger partial charge in [-0.15, -0.1) is 0 Å². The fourth-order valence-electron chi connectivity index (χ4n) is 2.49. The quantitative estimate of drug-likeness (QED) is 0.655. The summed E-state index contributed by atoms with van der Waals surface area (Å²) < 4.78 is 13.9. The molecule has 1 unspecified atom stereocenters. The lowest BCUT2D eigenvalue weighted by Gasteiger charge is -2.13. The molecule has 0 aliphatic rings. The molecule has 1 aromatic carbocycles. The molecule has 0 saturated carbocycles. The highest BCUT2D eigenvalue weighted by Gasteiger charge is 2.08. The summed E-state index contributed by atoms with van der Waals surface area (Å²) in [5.41, 5.74) is 10.3. The predicted molar refractivity (Wildman–Crippen MR) is 102 cm³/mol. The fraction of sp³-hybridized carbons (Fsp3) is 0.429. The van der Waals surface area contributed by atoms with Crippen LogP contribution in [0, 0.1) is 11.7 Å². The second-order valence-corrected chi connectivity index (χ2v) is 6.80. The molecular formula is C21H31FN2.